The molecule has 0 aromatic heterocycles. The lowest BCUT2D eigenvalue weighted by Gasteiger charge is -2.30. The second kappa shape index (κ2) is 11.3. The highest BCUT2D eigenvalue weighted by Gasteiger charge is 2.28. The number of hydrogen-bond donors (Lipinski definition) is 0. The van der Waals surface area contributed by atoms with Gasteiger partial charge >= 0.3 is 0 Å². The fraction of sp³-hybridized carbons (Fsp3) is 0.696. The highest BCUT2D eigenvalue weighted by molar-refractivity contribution is 9.09. The van der Waals surface area contributed by atoms with Crippen molar-refractivity contribution in [2.45, 2.75) is 71.6 Å². The monoisotopic (exact) mass is 456 g/mol. The van der Waals surface area contributed by atoms with E-state index in [4.69, 9.17) is 14.2 Å². The van der Waals surface area contributed by atoms with Crippen molar-refractivity contribution in [1.82, 2.24) is 0 Å². The highest BCUT2D eigenvalue weighted by atomic mass is 79.9. The zero-order valence-corrected chi connectivity index (χ0v) is 20.2. The number of halogens is 1. The minimum Gasteiger partial charge on any atom is -0.467 e. The number of alkyl halides is 1. The summed E-state index contributed by atoms with van der Waals surface area (Å²) in [6.45, 7) is 14.2. The lowest BCUT2D eigenvalue weighted by molar-refractivity contribution is -0.118. The summed E-state index contributed by atoms with van der Waals surface area (Å²) in [4.78, 5) is 12.4. The van der Waals surface area contributed by atoms with Crippen LogP contribution in [-0.2, 0) is 31.5 Å². The zero-order valence-electron chi connectivity index (χ0n) is 18.6. The molecule has 1 rings (SSSR count). The first-order valence-corrected chi connectivity index (χ1v) is 11.1. The Morgan fingerprint density at radius 2 is 1.57 bits per heavy atom. The van der Waals surface area contributed by atoms with E-state index in [0.717, 1.165) is 34.2 Å². The maximum absolute atomic E-state index is 12.4. The van der Waals surface area contributed by atoms with Gasteiger partial charge in [-0.25, -0.2) is 0 Å². The third kappa shape index (κ3) is 8.22. The molecule has 0 N–H and O–H groups in total. The molecule has 0 saturated carbocycles. The molecule has 5 heteroatoms. The van der Waals surface area contributed by atoms with Crippen LogP contribution in [0.4, 0.5) is 0 Å². The number of ether oxygens (including phenoxy) is 3. The van der Waals surface area contributed by atoms with E-state index >= 15 is 0 Å². The van der Waals surface area contributed by atoms with Gasteiger partial charge in [-0.1, -0.05) is 69.6 Å². The van der Waals surface area contributed by atoms with Crippen molar-refractivity contribution >= 4 is 21.7 Å². The van der Waals surface area contributed by atoms with Crippen LogP contribution < -0.4 is 4.74 Å². The molecule has 28 heavy (non-hydrogen) atoms. The van der Waals surface area contributed by atoms with Crippen LogP contribution in [0, 0.1) is 0 Å². The standard InChI is InChI=1S/C23H37BrO4/c1-22(2,3)19-14-17(13-18(25)9-8-10-24)15-20(23(4,5)6)21(19)28-16-27-12-11-26-7/h14-15H,8-13,16H2,1-7H3. The molecule has 0 aliphatic heterocycles. The maximum Gasteiger partial charge on any atom is 0.189 e. The number of hydrogen-bond acceptors (Lipinski definition) is 4. The molecule has 0 atom stereocenters. The summed E-state index contributed by atoms with van der Waals surface area (Å²) in [6, 6.07) is 4.26. The SMILES string of the molecule is COCCOCOc1c(C(C)(C)C)cc(CC(=O)CCCBr)cc1C(C)(C)C. The molecule has 0 amide bonds. The Labute approximate surface area is 179 Å². The minimum absolute atomic E-state index is 0.114. The Morgan fingerprint density at radius 1 is 1.00 bits per heavy atom. The van der Waals surface area contributed by atoms with Gasteiger partial charge in [0.15, 0.2) is 6.79 Å². The van der Waals surface area contributed by atoms with Crippen molar-refractivity contribution in [1.29, 1.82) is 0 Å². The zero-order chi connectivity index (χ0) is 21.4. The number of Topliss-reactive ketones (excluding diaryl/α,β-unsaturated/α-hetero) is 1. The third-order valence-corrected chi connectivity index (χ3v) is 5.03. The number of benzene rings is 1. The summed E-state index contributed by atoms with van der Waals surface area (Å²) in [5, 5.41) is 0.856. The first kappa shape index (κ1) is 25.1. The Morgan fingerprint density at radius 3 is 2.04 bits per heavy atom. The topological polar surface area (TPSA) is 44.8 Å². The molecule has 160 valence electrons. The molecule has 0 saturated heterocycles. The van der Waals surface area contributed by atoms with Crippen molar-refractivity contribution in [3.63, 3.8) is 0 Å². The minimum atomic E-state index is -0.114. The van der Waals surface area contributed by atoms with Crippen molar-refractivity contribution in [3.05, 3.63) is 28.8 Å². The summed E-state index contributed by atoms with van der Waals surface area (Å²) in [5.41, 5.74) is 3.05. The van der Waals surface area contributed by atoms with E-state index in [2.05, 4.69) is 69.6 Å². The van der Waals surface area contributed by atoms with Crippen LogP contribution in [0.25, 0.3) is 0 Å². The number of rotatable bonds is 11. The van der Waals surface area contributed by atoms with E-state index in [9.17, 15) is 4.79 Å². The number of methoxy groups -OCH3 is 1. The second-order valence-corrected chi connectivity index (χ2v) is 9.98. The van der Waals surface area contributed by atoms with Gasteiger partial charge in [-0.05, 0) is 22.8 Å². The van der Waals surface area contributed by atoms with Gasteiger partial charge < -0.3 is 14.2 Å². The van der Waals surface area contributed by atoms with Gasteiger partial charge in [0.25, 0.3) is 0 Å². The lowest BCUT2D eigenvalue weighted by Crippen LogP contribution is -2.22. The van der Waals surface area contributed by atoms with Crippen LogP contribution in [-0.4, -0.2) is 38.2 Å². The van der Waals surface area contributed by atoms with Crippen LogP contribution in [0.15, 0.2) is 12.1 Å². The Kier molecular flexibility index (Phi) is 10.2. The Bertz CT molecular complexity index is 591. The van der Waals surface area contributed by atoms with Crippen molar-refractivity contribution in [2.24, 2.45) is 0 Å². The average Bonchev–Trinajstić information content (AvgIpc) is 2.58. The van der Waals surface area contributed by atoms with E-state index in [0.29, 0.717) is 26.1 Å². The summed E-state index contributed by atoms with van der Waals surface area (Å²) in [7, 11) is 1.65. The van der Waals surface area contributed by atoms with Crippen LogP contribution in [0.3, 0.4) is 0 Å². The van der Waals surface area contributed by atoms with Gasteiger partial charge in [0, 0.05) is 36.4 Å². The molecule has 0 heterocycles. The molecular weight excluding hydrogens is 420 g/mol. The first-order chi connectivity index (χ1) is 13.0. The summed E-state index contributed by atoms with van der Waals surface area (Å²) in [5.74, 6) is 1.14. The fourth-order valence-corrected chi connectivity index (χ4v) is 3.22. The van der Waals surface area contributed by atoms with E-state index in [1.807, 2.05) is 0 Å². The molecule has 0 aliphatic rings. The van der Waals surface area contributed by atoms with Gasteiger partial charge in [0.2, 0.25) is 0 Å². The normalized spacial score (nSPS) is 12.3. The molecule has 1 aromatic carbocycles. The predicted octanol–water partition coefficient (Wildman–Crippen LogP) is 5.57. The quantitative estimate of drug-likeness (QED) is 0.248. The molecule has 0 spiro atoms. The molecule has 0 fully saturated rings. The molecule has 0 bridgehead atoms. The van der Waals surface area contributed by atoms with Gasteiger partial charge in [-0.3, -0.25) is 4.79 Å². The van der Waals surface area contributed by atoms with Crippen molar-refractivity contribution in [3.8, 4) is 5.75 Å². The maximum atomic E-state index is 12.4. The average molecular weight is 457 g/mol. The third-order valence-electron chi connectivity index (χ3n) is 4.47. The van der Waals surface area contributed by atoms with Crippen LogP contribution in [0.1, 0.15) is 71.1 Å². The largest absolute Gasteiger partial charge is 0.467 e. The van der Waals surface area contributed by atoms with Crippen LogP contribution >= 0.6 is 15.9 Å². The van der Waals surface area contributed by atoms with E-state index < -0.39 is 0 Å². The Balaban J connectivity index is 3.25. The smallest absolute Gasteiger partial charge is 0.189 e. The summed E-state index contributed by atoms with van der Waals surface area (Å²) >= 11 is 3.40. The first-order valence-electron chi connectivity index (χ1n) is 9.95. The predicted molar refractivity (Wildman–Crippen MR) is 119 cm³/mol. The summed E-state index contributed by atoms with van der Waals surface area (Å²) < 4.78 is 16.7. The number of carbonyl (C=O) groups excluding carboxylic acids is 1. The van der Waals surface area contributed by atoms with Gasteiger partial charge in [-0.2, -0.15) is 0 Å². The molecule has 4 nitrogen and oxygen atoms in total. The molecule has 1 aromatic rings. The van der Waals surface area contributed by atoms with Crippen LogP contribution in [0.2, 0.25) is 0 Å². The molecular formula is C23H37BrO4. The fourth-order valence-electron chi connectivity index (χ4n) is 2.94. The second-order valence-electron chi connectivity index (χ2n) is 9.19. The highest BCUT2D eigenvalue weighted by Crippen LogP contribution is 2.41. The molecule has 0 aliphatic carbocycles. The van der Waals surface area contributed by atoms with Crippen molar-refractivity contribution in [2.75, 3.05) is 32.4 Å². The van der Waals surface area contributed by atoms with Crippen LogP contribution in [0.5, 0.6) is 5.75 Å². The van der Waals surface area contributed by atoms with Gasteiger partial charge in [0.1, 0.15) is 11.5 Å². The van der Waals surface area contributed by atoms with E-state index in [1.165, 1.54) is 0 Å². The van der Waals surface area contributed by atoms with Gasteiger partial charge in [-0.15, -0.1) is 0 Å². The molecule has 0 unspecified atom stereocenters. The van der Waals surface area contributed by atoms with Crippen molar-refractivity contribution < 1.29 is 19.0 Å². The van der Waals surface area contributed by atoms with Gasteiger partial charge in [0.05, 0.1) is 13.2 Å². The Hall–Kier alpha value is -0.910. The molecule has 0 radical (unpaired) electrons. The number of ketones is 1. The van der Waals surface area contributed by atoms with E-state index in [1.54, 1.807) is 7.11 Å². The summed E-state index contributed by atoms with van der Waals surface area (Å²) in [6.07, 6.45) is 1.94. The number of carbonyl (C=O) groups is 1. The van der Waals surface area contributed by atoms with E-state index in [-0.39, 0.29) is 23.4 Å². The lowest BCUT2D eigenvalue weighted by atomic mass is 9.78.